The summed E-state index contributed by atoms with van der Waals surface area (Å²) < 4.78 is 1.76. The van der Waals surface area contributed by atoms with Crippen LogP contribution < -0.4 is 10.2 Å². The van der Waals surface area contributed by atoms with E-state index in [2.05, 4.69) is 26.3 Å². The van der Waals surface area contributed by atoms with Gasteiger partial charge in [0.05, 0.1) is 5.39 Å². The van der Waals surface area contributed by atoms with E-state index < -0.39 is 0 Å². The Kier molecular flexibility index (Phi) is 7.14. The first kappa shape index (κ1) is 22.6. The third-order valence-electron chi connectivity index (χ3n) is 7.98. The molecular weight excluding hydrogens is 412 g/mol. The zero-order valence-corrected chi connectivity index (χ0v) is 20.3. The second kappa shape index (κ2) is 10.4. The van der Waals surface area contributed by atoms with E-state index in [4.69, 9.17) is 4.98 Å². The van der Waals surface area contributed by atoms with Gasteiger partial charge in [-0.2, -0.15) is 5.10 Å². The molecule has 3 aliphatic rings. The molecule has 1 saturated carbocycles. The minimum absolute atomic E-state index is 0.0596. The zero-order valence-electron chi connectivity index (χ0n) is 20.3. The second-order valence-corrected chi connectivity index (χ2v) is 10.5. The standard InChI is InChI=1S/C26H40N6O/c1-30-25-22(11-12-23(28-25)32-15-7-2-3-8-16-32)24(29-30)26(33)27-21-13-17-31(18-14-21)19-20-9-5-4-6-10-20/h11-12,20-21H,2-10,13-19H2,1H3,(H,27,33). The Hall–Kier alpha value is -2.15. The van der Waals surface area contributed by atoms with Gasteiger partial charge < -0.3 is 15.1 Å². The van der Waals surface area contributed by atoms with Crippen molar-refractivity contribution in [2.45, 2.75) is 76.7 Å². The summed E-state index contributed by atoms with van der Waals surface area (Å²) in [6.07, 6.45) is 14.1. The fraction of sp³-hybridized carbons (Fsp3) is 0.731. The predicted molar refractivity (Wildman–Crippen MR) is 133 cm³/mol. The smallest absolute Gasteiger partial charge is 0.272 e. The van der Waals surface area contributed by atoms with Crippen LogP contribution in [-0.2, 0) is 7.05 Å². The van der Waals surface area contributed by atoms with Gasteiger partial charge in [0.15, 0.2) is 11.3 Å². The number of carbonyl (C=O) groups excluding carboxylic acids is 1. The van der Waals surface area contributed by atoms with Gasteiger partial charge in [-0.1, -0.05) is 32.1 Å². The molecular formula is C26H40N6O. The minimum Gasteiger partial charge on any atom is -0.357 e. The number of aryl methyl sites for hydroxylation is 1. The molecule has 0 aromatic carbocycles. The number of aromatic nitrogens is 3. The monoisotopic (exact) mass is 452 g/mol. The van der Waals surface area contributed by atoms with Gasteiger partial charge in [-0.3, -0.25) is 4.79 Å². The van der Waals surface area contributed by atoms with Crippen molar-refractivity contribution >= 4 is 22.8 Å². The molecule has 33 heavy (non-hydrogen) atoms. The molecule has 7 heteroatoms. The number of anilines is 1. The van der Waals surface area contributed by atoms with E-state index in [1.165, 1.54) is 64.3 Å². The maximum absolute atomic E-state index is 13.1. The van der Waals surface area contributed by atoms with E-state index in [1.54, 1.807) is 4.68 Å². The van der Waals surface area contributed by atoms with E-state index in [1.807, 2.05) is 13.1 Å². The van der Waals surface area contributed by atoms with Crippen molar-refractivity contribution in [3.05, 3.63) is 17.8 Å². The highest BCUT2D eigenvalue weighted by molar-refractivity contribution is 6.04. The number of hydrogen-bond acceptors (Lipinski definition) is 5. The zero-order chi connectivity index (χ0) is 22.6. The molecule has 2 aromatic heterocycles. The maximum atomic E-state index is 13.1. The average molecular weight is 453 g/mol. The summed E-state index contributed by atoms with van der Waals surface area (Å²) in [5, 5.41) is 8.69. The van der Waals surface area contributed by atoms with Gasteiger partial charge in [-0.15, -0.1) is 0 Å². The van der Waals surface area contributed by atoms with E-state index in [-0.39, 0.29) is 11.9 Å². The molecule has 0 spiro atoms. The topological polar surface area (TPSA) is 66.3 Å². The summed E-state index contributed by atoms with van der Waals surface area (Å²) >= 11 is 0. The van der Waals surface area contributed by atoms with Crippen LogP contribution in [0.15, 0.2) is 12.1 Å². The van der Waals surface area contributed by atoms with Crippen molar-refractivity contribution in [1.82, 2.24) is 25.0 Å². The lowest BCUT2D eigenvalue weighted by Crippen LogP contribution is -2.46. The van der Waals surface area contributed by atoms with Crippen molar-refractivity contribution in [1.29, 1.82) is 0 Å². The van der Waals surface area contributed by atoms with Crippen LogP contribution in [0.3, 0.4) is 0 Å². The summed E-state index contributed by atoms with van der Waals surface area (Å²) in [5.74, 6) is 1.83. The van der Waals surface area contributed by atoms with E-state index in [9.17, 15) is 4.79 Å². The summed E-state index contributed by atoms with van der Waals surface area (Å²) in [4.78, 5) is 23.0. The number of nitrogens with one attached hydrogen (secondary N) is 1. The Morgan fingerprint density at radius 3 is 2.36 bits per heavy atom. The quantitative estimate of drug-likeness (QED) is 0.739. The van der Waals surface area contributed by atoms with Crippen LogP contribution in [0, 0.1) is 5.92 Å². The molecule has 1 aliphatic carbocycles. The van der Waals surface area contributed by atoms with Crippen molar-refractivity contribution in [2.75, 3.05) is 37.6 Å². The Balaban J connectivity index is 1.20. The van der Waals surface area contributed by atoms with Crippen LogP contribution in [0.25, 0.3) is 11.0 Å². The second-order valence-electron chi connectivity index (χ2n) is 10.5. The third kappa shape index (κ3) is 5.34. The summed E-state index contributed by atoms with van der Waals surface area (Å²) in [5.41, 5.74) is 1.30. The number of rotatable bonds is 5. The molecule has 1 N–H and O–H groups in total. The van der Waals surface area contributed by atoms with Crippen molar-refractivity contribution < 1.29 is 4.79 Å². The predicted octanol–water partition coefficient (Wildman–Crippen LogP) is 4.12. The largest absolute Gasteiger partial charge is 0.357 e. The SMILES string of the molecule is Cn1nc(C(=O)NC2CCN(CC3CCCCC3)CC2)c2ccc(N3CCCCCC3)nc21. The van der Waals surface area contributed by atoms with Crippen LogP contribution in [0.4, 0.5) is 5.82 Å². The first-order valence-electron chi connectivity index (χ1n) is 13.3. The minimum atomic E-state index is -0.0596. The normalized spacial score (nSPS) is 21.9. The van der Waals surface area contributed by atoms with Crippen molar-refractivity contribution in [2.24, 2.45) is 13.0 Å². The van der Waals surface area contributed by atoms with Gasteiger partial charge >= 0.3 is 0 Å². The fourth-order valence-electron chi connectivity index (χ4n) is 6.01. The third-order valence-corrected chi connectivity index (χ3v) is 7.98. The Bertz CT molecular complexity index is 934. The molecule has 0 bridgehead atoms. The van der Waals surface area contributed by atoms with Crippen LogP contribution in [0.2, 0.25) is 0 Å². The number of piperidine rings is 1. The molecule has 2 aliphatic heterocycles. The lowest BCUT2D eigenvalue weighted by Gasteiger charge is -2.35. The number of fused-ring (bicyclic) bond motifs is 1. The molecule has 180 valence electrons. The lowest BCUT2D eigenvalue weighted by atomic mass is 9.88. The van der Waals surface area contributed by atoms with Crippen LogP contribution in [0.5, 0.6) is 0 Å². The Morgan fingerprint density at radius 1 is 0.939 bits per heavy atom. The van der Waals surface area contributed by atoms with E-state index in [0.29, 0.717) is 5.69 Å². The van der Waals surface area contributed by atoms with Gasteiger partial charge in [0, 0.05) is 45.8 Å². The maximum Gasteiger partial charge on any atom is 0.272 e. The number of amides is 1. The molecule has 0 radical (unpaired) electrons. The molecule has 0 atom stereocenters. The highest BCUT2D eigenvalue weighted by atomic mass is 16.2. The fourth-order valence-corrected chi connectivity index (χ4v) is 6.01. The lowest BCUT2D eigenvalue weighted by molar-refractivity contribution is 0.0897. The van der Waals surface area contributed by atoms with E-state index >= 15 is 0 Å². The summed E-state index contributed by atoms with van der Waals surface area (Å²) in [6, 6.07) is 4.34. The van der Waals surface area contributed by atoms with Crippen LogP contribution >= 0.6 is 0 Å². The van der Waals surface area contributed by atoms with Crippen LogP contribution in [-0.4, -0.2) is 64.3 Å². The van der Waals surface area contributed by atoms with Gasteiger partial charge in [0.1, 0.15) is 5.82 Å². The molecule has 1 amide bonds. The molecule has 5 rings (SSSR count). The molecule has 2 saturated heterocycles. The molecule has 0 unspecified atom stereocenters. The molecule has 3 fully saturated rings. The number of carbonyl (C=O) groups is 1. The van der Waals surface area contributed by atoms with Gasteiger partial charge in [0.2, 0.25) is 0 Å². The average Bonchev–Trinajstić information content (AvgIpc) is 3.00. The molecule has 4 heterocycles. The Morgan fingerprint density at radius 2 is 1.64 bits per heavy atom. The number of nitrogens with zero attached hydrogens (tertiary/aromatic N) is 5. The van der Waals surface area contributed by atoms with Crippen LogP contribution in [0.1, 0.15) is 81.1 Å². The van der Waals surface area contributed by atoms with Gasteiger partial charge in [-0.05, 0) is 56.6 Å². The molecule has 7 nitrogen and oxygen atoms in total. The summed E-state index contributed by atoms with van der Waals surface area (Å²) in [6.45, 7) is 5.54. The van der Waals surface area contributed by atoms with Gasteiger partial charge in [0.25, 0.3) is 5.91 Å². The highest BCUT2D eigenvalue weighted by Crippen LogP contribution is 2.26. The number of likely N-dealkylation sites (tertiary alicyclic amines) is 1. The summed E-state index contributed by atoms with van der Waals surface area (Å²) in [7, 11) is 1.89. The van der Waals surface area contributed by atoms with E-state index in [0.717, 1.165) is 61.8 Å². The highest BCUT2D eigenvalue weighted by Gasteiger charge is 2.26. The first-order chi connectivity index (χ1) is 16.2. The van der Waals surface area contributed by atoms with Crippen molar-refractivity contribution in [3.63, 3.8) is 0 Å². The molecule has 2 aromatic rings. The van der Waals surface area contributed by atoms with Gasteiger partial charge in [-0.25, -0.2) is 9.67 Å². The Labute approximate surface area is 197 Å². The van der Waals surface area contributed by atoms with Crippen molar-refractivity contribution in [3.8, 4) is 0 Å². The number of hydrogen-bond donors (Lipinski definition) is 1. The number of pyridine rings is 1. The first-order valence-corrected chi connectivity index (χ1v) is 13.3.